The second-order valence-corrected chi connectivity index (χ2v) is 4.05. The van der Waals surface area contributed by atoms with Crippen molar-refractivity contribution < 1.29 is 14.3 Å². The Morgan fingerprint density at radius 3 is 2.75 bits per heavy atom. The van der Waals surface area contributed by atoms with E-state index >= 15 is 0 Å². The Balaban J connectivity index is 2.18. The molecule has 1 aromatic carbocycles. The summed E-state index contributed by atoms with van der Waals surface area (Å²) in [5, 5.41) is 0. The zero-order valence-corrected chi connectivity index (χ0v) is 9.18. The van der Waals surface area contributed by atoms with Gasteiger partial charge in [-0.3, -0.25) is 4.79 Å². The summed E-state index contributed by atoms with van der Waals surface area (Å²) in [7, 11) is 0. The summed E-state index contributed by atoms with van der Waals surface area (Å²) in [6.07, 6.45) is 1.31. The molecule has 0 saturated heterocycles. The normalized spacial score (nSPS) is 27.2. The molecule has 0 spiro atoms. The van der Waals surface area contributed by atoms with E-state index in [1.165, 1.54) is 0 Å². The van der Waals surface area contributed by atoms with Crippen molar-refractivity contribution in [2.75, 3.05) is 6.61 Å². The maximum absolute atomic E-state index is 11.7. The van der Waals surface area contributed by atoms with E-state index in [9.17, 15) is 9.59 Å². The van der Waals surface area contributed by atoms with Gasteiger partial charge in [0.1, 0.15) is 11.7 Å². The summed E-state index contributed by atoms with van der Waals surface area (Å²) < 4.78 is 4.94. The highest BCUT2D eigenvalue weighted by molar-refractivity contribution is 5.98. The van der Waals surface area contributed by atoms with Crippen LogP contribution in [0.5, 0.6) is 0 Å². The smallest absolute Gasteiger partial charge is 0.319 e. The highest BCUT2D eigenvalue weighted by Crippen LogP contribution is 2.58. The molecule has 84 valence electrons. The number of hydrogen-bond donors (Lipinski definition) is 0. The second-order valence-electron chi connectivity index (χ2n) is 4.05. The molecule has 1 aromatic rings. The fourth-order valence-electron chi connectivity index (χ4n) is 2.05. The average Bonchev–Trinajstić information content (AvgIpc) is 3.06. The number of hydrogen-bond acceptors (Lipinski definition) is 3. The second kappa shape index (κ2) is 4.08. The van der Waals surface area contributed by atoms with Crippen molar-refractivity contribution in [2.24, 2.45) is 5.41 Å². The largest absolute Gasteiger partial charge is 0.465 e. The minimum Gasteiger partial charge on any atom is -0.465 e. The Kier molecular flexibility index (Phi) is 2.77. The molecule has 1 aliphatic rings. The molecule has 3 nitrogen and oxygen atoms in total. The summed E-state index contributed by atoms with van der Waals surface area (Å²) in [6, 6.07) is 9.62. The average molecular weight is 218 g/mol. The molecular formula is C13H14O3. The summed E-state index contributed by atoms with van der Waals surface area (Å²) in [5.74, 6) is -0.399. The molecule has 16 heavy (non-hydrogen) atoms. The molecular weight excluding hydrogens is 204 g/mol. The number of ether oxygens (including phenoxy) is 1. The van der Waals surface area contributed by atoms with Crippen LogP contribution in [-0.2, 0) is 14.3 Å². The van der Waals surface area contributed by atoms with Crippen LogP contribution < -0.4 is 0 Å². The summed E-state index contributed by atoms with van der Waals surface area (Å²) >= 11 is 0. The number of benzene rings is 1. The van der Waals surface area contributed by atoms with Crippen LogP contribution in [0.15, 0.2) is 30.3 Å². The highest BCUT2D eigenvalue weighted by Gasteiger charge is 2.62. The Bertz CT molecular complexity index is 399. The van der Waals surface area contributed by atoms with Gasteiger partial charge < -0.3 is 9.53 Å². The first-order valence-electron chi connectivity index (χ1n) is 5.43. The van der Waals surface area contributed by atoms with E-state index in [-0.39, 0.29) is 11.9 Å². The van der Waals surface area contributed by atoms with Crippen molar-refractivity contribution in [1.29, 1.82) is 0 Å². The van der Waals surface area contributed by atoms with Crippen LogP contribution in [0.4, 0.5) is 0 Å². The third-order valence-electron chi connectivity index (χ3n) is 3.07. The fourth-order valence-corrected chi connectivity index (χ4v) is 2.05. The maximum Gasteiger partial charge on any atom is 0.319 e. The van der Waals surface area contributed by atoms with E-state index in [1.54, 1.807) is 6.92 Å². The molecule has 1 fully saturated rings. The van der Waals surface area contributed by atoms with Gasteiger partial charge in [0.25, 0.3) is 0 Å². The molecule has 1 saturated carbocycles. The van der Waals surface area contributed by atoms with Crippen LogP contribution in [0, 0.1) is 5.41 Å². The van der Waals surface area contributed by atoms with Gasteiger partial charge in [-0.1, -0.05) is 30.3 Å². The minimum absolute atomic E-state index is 0.00903. The van der Waals surface area contributed by atoms with Crippen molar-refractivity contribution in [1.82, 2.24) is 0 Å². The number of carbonyl (C=O) groups is 2. The van der Waals surface area contributed by atoms with Gasteiger partial charge in [0.2, 0.25) is 0 Å². The zero-order chi connectivity index (χ0) is 11.6. The summed E-state index contributed by atoms with van der Waals surface area (Å²) in [6.45, 7) is 2.06. The first-order chi connectivity index (χ1) is 7.74. The molecule has 0 heterocycles. The lowest BCUT2D eigenvalue weighted by Crippen LogP contribution is -2.22. The van der Waals surface area contributed by atoms with Gasteiger partial charge in [-0.2, -0.15) is 0 Å². The molecule has 0 aromatic heterocycles. The summed E-state index contributed by atoms with van der Waals surface area (Å²) in [4.78, 5) is 22.8. The molecule has 2 rings (SSSR count). The van der Waals surface area contributed by atoms with E-state index < -0.39 is 5.41 Å². The van der Waals surface area contributed by atoms with Crippen molar-refractivity contribution in [3.63, 3.8) is 0 Å². The van der Waals surface area contributed by atoms with Crippen molar-refractivity contribution in [2.45, 2.75) is 19.3 Å². The van der Waals surface area contributed by atoms with Crippen LogP contribution in [0.3, 0.4) is 0 Å². The number of rotatable bonds is 4. The SMILES string of the molecule is CCOC(=O)C1(C=O)CC1c1ccccc1. The molecule has 0 aliphatic heterocycles. The molecule has 0 bridgehead atoms. The first-order valence-corrected chi connectivity index (χ1v) is 5.43. The van der Waals surface area contributed by atoms with Crippen molar-refractivity contribution in [3.8, 4) is 0 Å². The van der Waals surface area contributed by atoms with Crippen molar-refractivity contribution in [3.05, 3.63) is 35.9 Å². The Morgan fingerprint density at radius 1 is 1.50 bits per heavy atom. The lowest BCUT2D eigenvalue weighted by Gasteiger charge is -2.08. The third-order valence-corrected chi connectivity index (χ3v) is 3.07. The molecule has 1 aliphatic carbocycles. The van der Waals surface area contributed by atoms with E-state index in [2.05, 4.69) is 0 Å². The van der Waals surface area contributed by atoms with Gasteiger partial charge in [-0.05, 0) is 18.9 Å². The monoisotopic (exact) mass is 218 g/mol. The molecule has 0 radical (unpaired) electrons. The van der Waals surface area contributed by atoms with Gasteiger partial charge in [0.15, 0.2) is 0 Å². The van der Waals surface area contributed by atoms with Crippen LogP contribution in [0.25, 0.3) is 0 Å². The van der Waals surface area contributed by atoms with E-state index in [0.717, 1.165) is 11.8 Å². The highest BCUT2D eigenvalue weighted by atomic mass is 16.5. The lowest BCUT2D eigenvalue weighted by molar-refractivity contribution is -0.151. The van der Waals surface area contributed by atoms with Gasteiger partial charge in [0, 0.05) is 5.92 Å². The number of esters is 1. The Hall–Kier alpha value is -1.64. The van der Waals surface area contributed by atoms with Gasteiger partial charge in [-0.15, -0.1) is 0 Å². The number of aldehydes is 1. The molecule has 2 atom stereocenters. The first kappa shape index (κ1) is 10.9. The number of carbonyl (C=O) groups excluding carboxylic acids is 2. The molecule has 2 unspecified atom stereocenters. The lowest BCUT2D eigenvalue weighted by atomic mass is 10.0. The quantitative estimate of drug-likeness (QED) is 0.440. The van der Waals surface area contributed by atoms with E-state index in [1.807, 2.05) is 30.3 Å². The van der Waals surface area contributed by atoms with Crippen LogP contribution in [-0.4, -0.2) is 18.9 Å². The molecule has 0 amide bonds. The van der Waals surface area contributed by atoms with Crippen LogP contribution in [0.2, 0.25) is 0 Å². The Labute approximate surface area is 94.4 Å². The Morgan fingerprint density at radius 2 is 2.19 bits per heavy atom. The topological polar surface area (TPSA) is 43.4 Å². The van der Waals surface area contributed by atoms with E-state index in [0.29, 0.717) is 13.0 Å². The van der Waals surface area contributed by atoms with E-state index in [4.69, 9.17) is 4.74 Å². The minimum atomic E-state index is -0.919. The third kappa shape index (κ3) is 1.62. The summed E-state index contributed by atoms with van der Waals surface area (Å²) in [5.41, 5.74) is 0.111. The molecule has 0 N–H and O–H groups in total. The maximum atomic E-state index is 11.7. The molecule has 3 heteroatoms. The van der Waals surface area contributed by atoms with Crippen molar-refractivity contribution >= 4 is 12.3 Å². The van der Waals surface area contributed by atoms with Gasteiger partial charge >= 0.3 is 5.97 Å². The van der Waals surface area contributed by atoms with Crippen LogP contribution in [0.1, 0.15) is 24.8 Å². The predicted octanol–water partition coefficient (Wildman–Crippen LogP) is 1.92. The predicted molar refractivity (Wildman–Crippen MR) is 58.9 cm³/mol. The van der Waals surface area contributed by atoms with Gasteiger partial charge in [0.05, 0.1) is 6.61 Å². The van der Waals surface area contributed by atoms with Crippen LogP contribution >= 0.6 is 0 Å². The van der Waals surface area contributed by atoms with Gasteiger partial charge in [-0.25, -0.2) is 0 Å². The standard InChI is InChI=1S/C13H14O3/c1-2-16-12(15)13(9-14)8-11(13)10-6-4-3-5-7-10/h3-7,9,11H,2,8H2,1H3. The fraction of sp³-hybridized carbons (Fsp3) is 0.385. The zero-order valence-electron chi connectivity index (χ0n) is 9.18.